The number of carboxylic acid groups (broad SMARTS) is 1. The molecule has 2 heterocycles. The molecule has 0 radical (unpaired) electrons. The number of carbonyl (C=O) groups excluding carboxylic acids is 1. The normalized spacial score (nSPS) is 11.7. The Morgan fingerprint density at radius 3 is 1.90 bits per heavy atom. The number of carbonyl (C=O) groups is 2. The average Bonchev–Trinajstić information content (AvgIpc) is 3.75. The summed E-state index contributed by atoms with van der Waals surface area (Å²) in [6, 6.07) is 33.1. The topological polar surface area (TPSA) is 133 Å². The van der Waals surface area contributed by atoms with Gasteiger partial charge in [0.1, 0.15) is 37.2 Å². The zero-order valence-electron chi connectivity index (χ0n) is 35.3. The van der Waals surface area contributed by atoms with E-state index in [1.807, 2.05) is 106 Å². The average molecular weight is 981 g/mol. The van der Waals surface area contributed by atoms with Crippen LogP contribution < -0.4 is 5.32 Å². The van der Waals surface area contributed by atoms with Gasteiger partial charge in [-0.25, -0.2) is 19.6 Å². The van der Waals surface area contributed by atoms with Crippen molar-refractivity contribution in [3.8, 4) is 0 Å². The Hall–Kier alpha value is -4.33. The second kappa shape index (κ2) is 22.0. The van der Waals surface area contributed by atoms with Crippen LogP contribution in [0.5, 0.6) is 0 Å². The molecule has 60 heavy (non-hydrogen) atoms. The highest BCUT2D eigenvalue weighted by molar-refractivity contribution is 9.11. The summed E-state index contributed by atoms with van der Waals surface area (Å²) < 4.78 is 23.0. The Labute approximate surface area is 371 Å². The molecule has 0 aliphatic carbocycles. The van der Waals surface area contributed by atoms with Gasteiger partial charge in [-0.15, -0.1) is 0 Å². The standard InChI is InChI=1S/2C22H28BrN3O3Si/c1-30(2,3)13-12-28-16-26-19-11-7-10-18(23)21(19)25-20(26)14-24-22(27)29-15-17-8-5-4-6-9-17;1-30(2,3)13-12-29-16-26-20(24-19-11-7-10-18(23)21(19)26)15-25(22(27)28)14-17-8-5-4-6-9-17/h4-11H,12-16H2,1-3H3,(H,24,27);4-11H,12-16H2,1-3H3,(H,27,28). The van der Waals surface area contributed by atoms with E-state index < -0.39 is 28.3 Å². The fraction of sp³-hybridized carbons (Fsp3) is 0.364. The van der Waals surface area contributed by atoms with E-state index in [4.69, 9.17) is 24.2 Å². The van der Waals surface area contributed by atoms with Gasteiger partial charge in [0.25, 0.3) is 0 Å². The van der Waals surface area contributed by atoms with Gasteiger partial charge in [-0.3, -0.25) is 4.90 Å². The van der Waals surface area contributed by atoms with Crippen molar-refractivity contribution >= 4 is 82.3 Å². The molecule has 0 bridgehead atoms. The second-order valence-corrected chi connectivity index (χ2v) is 29.8. The molecule has 0 aliphatic rings. The lowest BCUT2D eigenvalue weighted by molar-refractivity contribution is 0.0846. The van der Waals surface area contributed by atoms with Crippen molar-refractivity contribution < 1.29 is 28.9 Å². The molecule has 2 N–H and O–H groups in total. The first-order chi connectivity index (χ1) is 28.6. The van der Waals surface area contributed by atoms with Gasteiger partial charge in [0, 0.05) is 44.9 Å². The maximum atomic E-state index is 12.1. The fourth-order valence-electron chi connectivity index (χ4n) is 6.05. The van der Waals surface area contributed by atoms with Gasteiger partial charge in [-0.1, -0.05) is 112 Å². The van der Waals surface area contributed by atoms with Crippen LogP contribution in [0.2, 0.25) is 51.4 Å². The third-order valence-corrected chi connectivity index (χ3v) is 14.1. The van der Waals surface area contributed by atoms with Crippen LogP contribution in [0, 0.1) is 0 Å². The van der Waals surface area contributed by atoms with Crippen molar-refractivity contribution in [2.24, 2.45) is 0 Å². The van der Waals surface area contributed by atoms with Crippen molar-refractivity contribution in [1.29, 1.82) is 0 Å². The summed E-state index contributed by atoms with van der Waals surface area (Å²) in [4.78, 5) is 34.9. The number of hydrogen-bond acceptors (Lipinski definition) is 7. The molecule has 4 aromatic carbocycles. The first-order valence-corrected chi connectivity index (χ1v) is 29.0. The molecule has 320 valence electrons. The number of aromatic nitrogens is 4. The van der Waals surface area contributed by atoms with Crippen LogP contribution in [0.3, 0.4) is 0 Å². The number of fused-ring (bicyclic) bond motifs is 2. The van der Waals surface area contributed by atoms with Crippen molar-refractivity contribution in [3.05, 3.63) is 129 Å². The van der Waals surface area contributed by atoms with Gasteiger partial charge < -0.3 is 33.8 Å². The monoisotopic (exact) mass is 978 g/mol. The molecule has 0 saturated carbocycles. The molecule has 12 nitrogen and oxygen atoms in total. The van der Waals surface area contributed by atoms with Crippen molar-refractivity contribution in [3.63, 3.8) is 0 Å². The van der Waals surface area contributed by atoms with E-state index in [0.29, 0.717) is 32.4 Å². The lowest BCUT2D eigenvalue weighted by Crippen LogP contribution is -2.30. The van der Waals surface area contributed by atoms with Gasteiger partial charge in [0.2, 0.25) is 0 Å². The number of rotatable bonds is 18. The molecule has 0 aliphatic heterocycles. The molecule has 0 spiro atoms. The number of nitrogens with zero attached hydrogens (tertiary/aromatic N) is 5. The Kier molecular flexibility index (Phi) is 17.1. The summed E-state index contributed by atoms with van der Waals surface area (Å²) in [5, 5.41) is 12.6. The van der Waals surface area contributed by atoms with E-state index in [1.165, 1.54) is 4.90 Å². The Balaban J connectivity index is 0.000000228. The molecule has 0 saturated heterocycles. The second-order valence-electron chi connectivity index (χ2n) is 16.9. The van der Waals surface area contributed by atoms with Crippen molar-refractivity contribution in [2.75, 3.05) is 13.2 Å². The highest BCUT2D eigenvalue weighted by atomic mass is 79.9. The fourth-order valence-corrected chi connectivity index (χ4v) is 8.58. The first kappa shape index (κ1) is 46.7. The van der Waals surface area contributed by atoms with E-state index in [1.54, 1.807) is 0 Å². The number of alkyl carbamates (subject to hydrolysis) is 1. The SMILES string of the molecule is C[Si](C)(C)CCOCn1c(CN(Cc2ccccc2)C(=O)O)nc2cccc(Br)c21.C[Si](C)(C)CCOCn1c(CNC(=O)OCc2ccccc2)nc2c(Br)cccc21. The molecule has 6 aromatic rings. The molecular weight excluding hydrogens is 924 g/mol. The number of ether oxygens (including phenoxy) is 3. The zero-order chi connectivity index (χ0) is 43.3. The number of para-hydroxylation sites is 2. The van der Waals surface area contributed by atoms with E-state index in [9.17, 15) is 14.7 Å². The van der Waals surface area contributed by atoms with Crippen LogP contribution in [0.1, 0.15) is 22.8 Å². The minimum atomic E-state index is -1.19. The Bertz CT molecular complexity index is 2310. The summed E-state index contributed by atoms with van der Waals surface area (Å²) in [6.07, 6.45) is -1.45. The number of benzene rings is 4. The predicted octanol–water partition coefficient (Wildman–Crippen LogP) is 11.3. The number of halogens is 2. The third-order valence-electron chi connectivity index (χ3n) is 9.46. The molecule has 0 fully saturated rings. The smallest absolute Gasteiger partial charge is 0.408 e. The number of nitrogens with one attached hydrogen (secondary N) is 1. The summed E-state index contributed by atoms with van der Waals surface area (Å²) in [7, 11) is -2.34. The Morgan fingerprint density at radius 1 is 0.700 bits per heavy atom. The molecule has 2 aromatic heterocycles. The van der Waals surface area contributed by atoms with Gasteiger partial charge in [0.15, 0.2) is 0 Å². The van der Waals surface area contributed by atoms with Gasteiger partial charge in [-0.2, -0.15) is 0 Å². The number of imidazole rings is 2. The largest absolute Gasteiger partial charge is 0.465 e. The summed E-state index contributed by atoms with van der Waals surface area (Å²) >= 11 is 7.17. The maximum Gasteiger partial charge on any atom is 0.408 e. The first-order valence-electron chi connectivity index (χ1n) is 20.0. The lowest BCUT2D eigenvalue weighted by Gasteiger charge is -2.20. The van der Waals surface area contributed by atoms with Crippen molar-refractivity contribution in [2.45, 2.75) is 91.1 Å². The molecule has 16 heteroatoms. The summed E-state index contributed by atoms with van der Waals surface area (Å²) in [6.45, 7) is 17.1. The molecule has 6 rings (SSSR count). The number of hydrogen-bond donors (Lipinski definition) is 2. The summed E-state index contributed by atoms with van der Waals surface area (Å²) in [5.41, 5.74) is 5.44. The van der Waals surface area contributed by atoms with Crippen LogP contribution in [-0.4, -0.2) is 70.7 Å². The van der Waals surface area contributed by atoms with Gasteiger partial charge in [-0.05, 0) is 79.3 Å². The quantitative estimate of drug-likeness (QED) is 0.0643. The van der Waals surface area contributed by atoms with E-state index >= 15 is 0 Å². The maximum absolute atomic E-state index is 12.1. The van der Waals surface area contributed by atoms with Crippen LogP contribution >= 0.6 is 31.9 Å². The van der Waals surface area contributed by atoms with E-state index in [2.05, 4.69) is 76.5 Å². The lowest BCUT2D eigenvalue weighted by atomic mass is 10.2. The zero-order valence-corrected chi connectivity index (χ0v) is 40.5. The molecule has 0 atom stereocenters. The molecule has 0 unspecified atom stereocenters. The van der Waals surface area contributed by atoms with Crippen molar-refractivity contribution in [1.82, 2.24) is 29.3 Å². The van der Waals surface area contributed by atoms with Crippen LogP contribution in [-0.2, 0) is 53.9 Å². The third kappa shape index (κ3) is 14.4. The molecular formula is C44H56Br2N6O6Si2. The van der Waals surface area contributed by atoms with Gasteiger partial charge >= 0.3 is 12.2 Å². The predicted molar refractivity (Wildman–Crippen MR) is 250 cm³/mol. The minimum absolute atomic E-state index is 0.183. The highest BCUT2D eigenvalue weighted by Crippen LogP contribution is 2.27. The van der Waals surface area contributed by atoms with E-state index in [0.717, 1.165) is 66.7 Å². The Morgan fingerprint density at radius 2 is 1.28 bits per heavy atom. The highest BCUT2D eigenvalue weighted by Gasteiger charge is 2.21. The number of amides is 2. The minimum Gasteiger partial charge on any atom is -0.465 e. The summed E-state index contributed by atoms with van der Waals surface area (Å²) in [5.74, 6) is 1.39. The molecule has 2 amide bonds. The van der Waals surface area contributed by atoms with Gasteiger partial charge in [0.05, 0.1) is 29.6 Å². The van der Waals surface area contributed by atoms with Crippen LogP contribution in [0.15, 0.2) is 106 Å². The van der Waals surface area contributed by atoms with Crippen LogP contribution in [0.25, 0.3) is 22.1 Å². The van der Waals surface area contributed by atoms with Crippen LogP contribution in [0.4, 0.5) is 9.59 Å². The van der Waals surface area contributed by atoms with E-state index in [-0.39, 0.29) is 19.7 Å².